The highest BCUT2D eigenvalue weighted by atomic mass is 14.2. The second kappa shape index (κ2) is 5.56. The van der Waals surface area contributed by atoms with E-state index in [1.807, 2.05) is 0 Å². The SMILES string of the molecule is C1=C(c2ccccc2)CCC(C2CCCCC2)=C1. The monoisotopic (exact) mass is 238 g/mol. The smallest absolute Gasteiger partial charge is 0.0200 e. The molecule has 0 nitrogen and oxygen atoms in total. The lowest BCUT2D eigenvalue weighted by Crippen LogP contribution is -2.10. The van der Waals surface area contributed by atoms with E-state index in [0.29, 0.717) is 0 Å². The molecule has 0 atom stereocenters. The van der Waals surface area contributed by atoms with Crippen LogP contribution in [0.5, 0.6) is 0 Å². The third-order valence-electron chi connectivity index (χ3n) is 4.46. The molecule has 94 valence electrons. The van der Waals surface area contributed by atoms with Crippen molar-refractivity contribution in [1.29, 1.82) is 0 Å². The van der Waals surface area contributed by atoms with Crippen molar-refractivity contribution in [3.63, 3.8) is 0 Å². The van der Waals surface area contributed by atoms with E-state index in [9.17, 15) is 0 Å². The minimum absolute atomic E-state index is 0.896. The number of benzene rings is 1. The summed E-state index contributed by atoms with van der Waals surface area (Å²) in [5.41, 5.74) is 4.63. The zero-order valence-electron chi connectivity index (χ0n) is 11.1. The average Bonchev–Trinajstić information content (AvgIpc) is 2.49. The Kier molecular flexibility index (Phi) is 3.64. The van der Waals surface area contributed by atoms with Crippen molar-refractivity contribution >= 4 is 5.57 Å². The second-order valence-electron chi connectivity index (χ2n) is 5.63. The summed E-state index contributed by atoms with van der Waals surface area (Å²) >= 11 is 0. The van der Waals surface area contributed by atoms with E-state index in [1.54, 1.807) is 5.57 Å². The molecular weight excluding hydrogens is 216 g/mol. The molecule has 0 unspecified atom stereocenters. The summed E-state index contributed by atoms with van der Waals surface area (Å²) in [7, 11) is 0. The molecule has 1 aromatic carbocycles. The highest BCUT2D eigenvalue weighted by molar-refractivity contribution is 5.68. The van der Waals surface area contributed by atoms with Crippen molar-refractivity contribution in [1.82, 2.24) is 0 Å². The molecular formula is C18H22. The Morgan fingerprint density at radius 2 is 1.56 bits per heavy atom. The molecule has 1 aromatic rings. The van der Waals surface area contributed by atoms with Gasteiger partial charge in [0.05, 0.1) is 0 Å². The normalized spacial score (nSPS) is 21.3. The summed E-state index contributed by atoms with van der Waals surface area (Å²) in [6.07, 6.45) is 14.5. The Morgan fingerprint density at radius 3 is 2.22 bits per heavy atom. The molecule has 1 saturated carbocycles. The fourth-order valence-corrected chi connectivity index (χ4v) is 3.36. The van der Waals surface area contributed by atoms with E-state index in [1.165, 1.54) is 56.1 Å². The zero-order valence-corrected chi connectivity index (χ0v) is 11.1. The lowest BCUT2D eigenvalue weighted by molar-refractivity contribution is 0.395. The highest BCUT2D eigenvalue weighted by Gasteiger charge is 2.19. The number of hydrogen-bond acceptors (Lipinski definition) is 0. The lowest BCUT2D eigenvalue weighted by Gasteiger charge is -2.26. The minimum atomic E-state index is 0.896. The van der Waals surface area contributed by atoms with E-state index in [4.69, 9.17) is 0 Å². The van der Waals surface area contributed by atoms with Gasteiger partial charge in [-0.25, -0.2) is 0 Å². The Morgan fingerprint density at radius 1 is 0.778 bits per heavy atom. The third kappa shape index (κ3) is 2.58. The van der Waals surface area contributed by atoms with Crippen LogP contribution in [0.2, 0.25) is 0 Å². The quantitative estimate of drug-likeness (QED) is 0.649. The van der Waals surface area contributed by atoms with Crippen LogP contribution in [0.25, 0.3) is 5.57 Å². The zero-order chi connectivity index (χ0) is 12.2. The summed E-state index contributed by atoms with van der Waals surface area (Å²) < 4.78 is 0. The van der Waals surface area contributed by atoms with E-state index >= 15 is 0 Å². The van der Waals surface area contributed by atoms with Crippen molar-refractivity contribution in [3.05, 3.63) is 53.6 Å². The molecule has 0 aliphatic heterocycles. The van der Waals surface area contributed by atoms with Crippen molar-refractivity contribution in [2.75, 3.05) is 0 Å². The van der Waals surface area contributed by atoms with Gasteiger partial charge in [0.15, 0.2) is 0 Å². The fraction of sp³-hybridized carbons (Fsp3) is 0.444. The molecule has 0 heteroatoms. The van der Waals surface area contributed by atoms with Crippen molar-refractivity contribution in [2.45, 2.75) is 44.9 Å². The Bertz CT molecular complexity index is 444. The number of rotatable bonds is 2. The lowest BCUT2D eigenvalue weighted by atomic mass is 9.79. The van der Waals surface area contributed by atoms with Crippen LogP contribution in [0.3, 0.4) is 0 Å². The van der Waals surface area contributed by atoms with Crippen molar-refractivity contribution in [3.8, 4) is 0 Å². The van der Waals surface area contributed by atoms with Gasteiger partial charge in [-0.2, -0.15) is 0 Å². The predicted molar refractivity (Wildman–Crippen MR) is 78.3 cm³/mol. The first-order valence-corrected chi connectivity index (χ1v) is 7.38. The molecule has 0 spiro atoms. The highest BCUT2D eigenvalue weighted by Crippen LogP contribution is 2.36. The molecule has 2 aliphatic rings. The van der Waals surface area contributed by atoms with E-state index in [2.05, 4.69) is 42.5 Å². The van der Waals surface area contributed by atoms with Gasteiger partial charge in [-0.05, 0) is 42.7 Å². The minimum Gasteiger partial charge on any atom is -0.0668 e. The van der Waals surface area contributed by atoms with Gasteiger partial charge in [-0.15, -0.1) is 0 Å². The molecule has 0 bridgehead atoms. The maximum Gasteiger partial charge on any atom is -0.0200 e. The molecule has 0 saturated heterocycles. The fourth-order valence-electron chi connectivity index (χ4n) is 3.36. The van der Waals surface area contributed by atoms with Crippen LogP contribution in [0, 0.1) is 5.92 Å². The molecule has 3 rings (SSSR count). The van der Waals surface area contributed by atoms with Gasteiger partial charge < -0.3 is 0 Å². The van der Waals surface area contributed by atoms with Crippen LogP contribution in [-0.2, 0) is 0 Å². The van der Waals surface area contributed by atoms with Crippen LogP contribution in [-0.4, -0.2) is 0 Å². The van der Waals surface area contributed by atoms with E-state index in [0.717, 1.165) is 5.92 Å². The molecule has 0 heterocycles. The summed E-state index contributed by atoms with van der Waals surface area (Å²) in [6.45, 7) is 0. The predicted octanol–water partition coefficient (Wildman–Crippen LogP) is 5.37. The topological polar surface area (TPSA) is 0 Å². The Hall–Kier alpha value is -1.30. The number of allylic oxidation sites excluding steroid dienone is 4. The average molecular weight is 238 g/mol. The molecule has 0 amide bonds. The first kappa shape index (κ1) is 11.8. The molecule has 0 radical (unpaired) electrons. The molecule has 0 N–H and O–H groups in total. The van der Waals surface area contributed by atoms with Gasteiger partial charge in [0.25, 0.3) is 0 Å². The third-order valence-corrected chi connectivity index (χ3v) is 4.46. The summed E-state index contributed by atoms with van der Waals surface area (Å²) in [4.78, 5) is 0. The van der Waals surface area contributed by atoms with Crippen LogP contribution in [0.15, 0.2) is 48.1 Å². The summed E-state index contributed by atoms with van der Waals surface area (Å²) in [5, 5.41) is 0. The first-order chi connectivity index (χ1) is 8.93. The maximum absolute atomic E-state index is 2.42. The first-order valence-electron chi connectivity index (χ1n) is 7.38. The van der Waals surface area contributed by atoms with Crippen LogP contribution in [0.4, 0.5) is 0 Å². The maximum atomic E-state index is 2.42. The Labute approximate surface area is 110 Å². The second-order valence-corrected chi connectivity index (χ2v) is 5.63. The Balaban J connectivity index is 1.74. The van der Waals surface area contributed by atoms with E-state index in [-0.39, 0.29) is 0 Å². The molecule has 1 fully saturated rings. The van der Waals surface area contributed by atoms with Crippen molar-refractivity contribution < 1.29 is 0 Å². The van der Waals surface area contributed by atoms with Gasteiger partial charge in [-0.3, -0.25) is 0 Å². The van der Waals surface area contributed by atoms with Gasteiger partial charge in [0.2, 0.25) is 0 Å². The van der Waals surface area contributed by atoms with Crippen LogP contribution in [0.1, 0.15) is 50.5 Å². The summed E-state index contributed by atoms with van der Waals surface area (Å²) in [6, 6.07) is 10.8. The molecule has 2 aliphatic carbocycles. The standard InChI is InChI=1S/C18H22/c1-3-7-15(8-4-1)17-11-13-18(14-12-17)16-9-5-2-6-10-16/h1,3-4,7-8,11,13,16H,2,5-6,9-10,12,14H2. The van der Waals surface area contributed by atoms with Crippen molar-refractivity contribution in [2.24, 2.45) is 5.92 Å². The largest absolute Gasteiger partial charge is 0.0668 e. The van der Waals surface area contributed by atoms with Gasteiger partial charge in [-0.1, -0.05) is 67.3 Å². The van der Waals surface area contributed by atoms with Gasteiger partial charge in [0.1, 0.15) is 0 Å². The summed E-state index contributed by atoms with van der Waals surface area (Å²) in [5.74, 6) is 0.896. The van der Waals surface area contributed by atoms with Crippen LogP contribution < -0.4 is 0 Å². The van der Waals surface area contributed by atoms with E-state index < -0.39 is 0 Å². The molecule has 0 aromatic heterocycles. The van der Waals surface area contributed by atoms with Gasteiger partial charge >= 0.3 is 0 Å². The number of hydrogen-bond donors (Lipinski definition) is 0. The van der Waals surface area contributed by atoms with Gasteiger partial charge in [0, 0.05) is 0 Å². The van der Waals surface area contributed by atoms with Crippen LogP contribution >= 0.6 is 0 Å². The molecule has 18 heavy (non-hydrogen) atoms.